The van der Waals surface area contributed by atoms with Crippen LogP contribution in [0.4, 0.5) is 15.8 Å². The van der Waals surface area contributed by atoms with Crippen LogP contribution in [0.25, 0.3) is 0 Å². The van der Waals surface area contributed by atoms with Crippen LogP contribution in [0.3, 0.4) is 0 Å². The molecule has 0 spiro atoms. The first kappa shape index (κ1) is 28.3. The van der Waals surface area contributed by atoms with E-state index in [1.165, 1.54) is 40.7 Å². The highest BCUT2D eigenvalue weighted by Crippen LogP contribution is 2.28. The summed E-state index contributed by atoms with van der Waals surface area (Å²) in [4.78, 5) is 12.8. The van der Waals surface area contributed by atoms with Crippen molar-refractivity contribution in [1.82, 2.24) is 4.31 Å². The van der Waals surface area contributed by atoms with Crippen molar-refractivity contribution < 1.29 is 26.0 Å². The number of hydrogen-bond acceptors (Lipinski definition) is 5. The number of nitrogens with one attached hydrogen (secondary N) is 2. The Kier molecular flexibility index (Phi) is 8.63. The number of halogens is 3. The van der Waals surface area contributed by atoms with Gasteiger partial charge in [0.25, 0.3) is 10.0 Å². The Morgan fingerprint density at radius 2 is 1.53 bits per heavy atom. The number of carbonyl (C=O) groups is 1. The third kappa shape index (κ3) is 6.65. The van der Waals surface area contributed by atoms with E-state index in [1.54, 1.807) is 24.3 Å². The van der Waals surface area contributed by atoms with Crippen LogP contribution in [0.1, 0.15) is 18.4 Å². The molecular formula is C25H24Cl2FN3O5S2. The Morgan fingerprint density at radius 3 is 2.16 bits per heavy atom. The average molecular weight is 601 g/mol. The smallest absolute Gasteiger partial charge is 0.261 e. The van der Waals surface area contributed by atoms with E-state index in [4.69, 9.17) is 23.2 Å². The molecule has 3 aromatic rings. The molecule has 1 aliphatic rings. The molecule has 0 aromatic heterocycles. The van der Waals surface area contributed by atoms with Crippen molar-refractivity contribution in [3.05, 3.63) is 88.2 Å². The van der Waals surface area contributed by atoms with Gasteiger partial charge in [-0.25, -0.2) is 25.5 Å². The molecule has 0 radical (unpaired) electrons. The fourth-order valence-electron chi connectivity index (χ4n) is 4.05. The number of hydrogen-bond donors (Lipinski definition) is 2. The average Bonchev–Trinajstić information content (AvgIpc) is 2.88. The Labute approximate surface area is 230 Å². The number of piperidine rings is 1. The summed E-state index contributed by atoms with van der Waals surface area (Å²) >= 11 is 12.0. The number of anilines is 2. The Morgan fingerprint density at radius 1 is 0.895 bits per heavy atom. The number of sulfonamides is 2. The van der Waals surface area contributed by atoms with Crippen LogP contribution in [-0.2, 0) is 30.6 Å². The number of amides is 1. The summed E-state index contributed by atoms with van der Waals surface area (Å²) in [6.07, 6.45) is 0.564. The summed E-state index contributed by atoms with van der Waals surface area (Å²) < 4.78 is 68.7. The maximum Gasteiger partial charge on any atom is 0.261 e. The molecule has 0 bridgehead atoms. The van der Waals surface area contributed by atoms with Gasteiger partial charge in [-0.3, -0.25) is 9.52 Å². The summed E-state index contributed by atoms with van der Waals surface area (Å²) in [6.45, 7) is 0.217. The normalized spacial score (nSPS) is 15.2. The number of carbonyl (C=O) groups excluding carboxylic acids is 1. The van der Waals surface area contributed by atoms with Crippen molar-refractivity contribution in [2.24, 2.45) is 5.92 Å². The topological polar surface area (TPSA) is 113 Å². The summed E-state index contributed by atoms with van der Waals surface area (Å²) in [5.41, 5.74) is 0.564. The van der Waals surface area contributed by atoms with Crippen molar-refractivity contribution in [2.75, 3.05) is 23.1 Å². The monoisotopic (exact) mass is 599 g/mol. The SMILES string of the molecule is O=C(Nc1ccc(S(=O)(=O)Nc2ccccc2Cl)cc1)C1CCN(S(=O)(=O)Cc2c(F)cccc2Cl)CC1. The summed E-state index contributed by atoms with van der Waals surface area (Å²) in [5.74, 6) is -1.99. The van der Waals surface area contributed by atoms with Crippen molar-refractivity contribution in [3.63, 3.8) is 0 Å². The quantitative estimate of drug-likeness (QED) is 0.373. The van der Waals surface area contributed by atoms with E-state index >= 15 is 0 Å². The number of benzene rings is 3. The van der Waals surface area contributed by atoms with Crippen LogP contribution in [0, 0.1) is 11.7 Å². The second-order valence-electron chi connectivity index (χ2n) is 8.73. The Bertz CT molecular complexity index is 1520. The summed E-state index contributed by atoms with van der Waals surface area (Å²) in [6, 6.07) is 16.1. The second-order valence-corrected chi connectivity index (χ2v) is 13.2. The Balaban J connectivity index is 1.33. The van der Waals surface area contributed by atoms with E-state index in [2.05, 4.69) is 10.0 Å². The minimum atomic E-state index is -3.89. The van der Waals surface area contributed by atoms with Crippen LogP contribution in [-0.4, -0.2) is 40.1 Å². The standard InChI is InChI=1S/C25H24Cl2FN3O5S2/c26-21-5-3-6-23(28)20(21)16-37(33,34)31-14-12-17(13-15-31)25(32)29-18-8-10-19(11-9-18)38(35,36)30-24-7-2-1-4-22(24)27/h1-11,17,30H,12-16H2,(H,29,32). The molecule has 1 aliphatic heterocycles. The van der Waals surface area contributed by atoms with Crippen LogP contribution in [0.2, 0.25) is 10.0 Å². The molecule has 13 heteroatoms. The van der Waals surface area contributed by atoms with Crippen molar-refractivity contribution >= 4 is 60.5 Å². The molecule has 0 atom stereocenters. The highest BCUT2D eigenvalue weighted by atomic mass is 35.5. The lowest BCUT2D eigenvalue weighted by Crippen LogP contribution is -2.42. The van der Waals surface area contributed by atoms with E-state index in [1.807, 2.05) is 0 Å². The molecule has 2 N–H and O–H groups in total. The van der Waals surface area contributed by atoms with Gasteiger partial charge in [-0.05, 0) is 61.4 Å². The van der Waals surface area contributed by atoms with Crippen LogP contribution >= 0.6 is 23.2 Å². The first-order chi connectivity index (χ1) is 18.0. The van der Waals surface area contributed by atoms with Crippen molar-refractivity contribution in [1.29, 1.82) is 0 Å². The molecule has 1 saturated heterocycles. The lowest BCUT2D eigenvalue weighted by Gasteiger charge is -2.30. The molecular weight excluding hydrogens is 576 g/mol. The van der Waals surface area contributed by atoms with E-state index in [9.17, 15) is 26.0 Å². The lowest BCUT2D eigenvalue weighted by atomic mass is 9.97. The Hall–Kier alpha value is -2.70. The van der Waals surface area contributed by atoms with Crippen molar-refractivity contribution in [2.45, 2.75) is 23.5 Å². The zero-order chi connectivity index (χ0) is 27.5. The zero-order valence-electron chi connectivity index (χ0n) is 19.9. The molecule has 1 fully saturated rings. The number of nitrogens with zero attached hydrogens (tertiary/aromatic N) is 1. The third-order valence-corrected chi connectivity index (χ3v) is 10.0. The maximum absolute atomic E-state index is 14.1. The largest absolute Gasteiger partial charge is 0.326 e. The van der Waals surface area contributed by atoms with Gasteiger partial charge in [0.15, 0.2) is 0 Å². The molecule has 202 valence electrons. The summed E-state index contributed by atoms with van der Waals surface area (Å²) in [5, 5.41) is 3.05. The maximum atomic E-state index is 14.1. The van der Waals surface area contributed by atoms with Gasteiger partial charge >= 0.3 is 0 Å². The third-order valence-electron chi connectivity index (χ3n) is 6.16. The molecule has 1 heterocycles. The van der Waals surface area contributed by atoms with Gasteiger partial charge in [-0.1, -0.05) is 41.4 Å². The van der Waals surface area contributed by atoms with E-state index in [0.717, 1.165) is 6.07 Å². The van der Waals surface area contributed by atoms with Gasteiger partial charge in [-0.15, -0.1) is 0 Å². The highest BCUT2D eigenvalue weighted by Gasteiger charge is 2.32. The summed E-state index contributed by atoms with van der Waals surface area (Å²) in [7, 11) is -7.72. The van der Waals surface area contributed by atoms with E-state index < -0.39 is 37.5 Å². The van der Waals surface area contributed by atoms with Crippen LogP contribution in [0.5, 0.6) is 0 Å². The molecule has 4 rings (SSSR count). The van der Waals surface area contributed by atoms with Gasteiger partial charge in [0.05, 0.1) is 21.4 Å². The zero-order valence-corrected chi connectivity index (χ0v) is 23.0. The fraction of sp³-hybridized carbons (Fsp3) is 0.240. The molecule has 8 nitrogen and oxygen atoms in total. The molecule has 0 saturated carbocycles. The predicted octanol–water partition coefficient (Wildman–Crippen LogP) is 5.11. The molecule has 0 unspecified atom stereocenters. The first-order valence-electron chi connectivity index (χ1n) is 11.6. The highest BCUT2D eigenvalue weighted by molar-refractivity contribution is 7.92. The molecule has 3 aromatic carbocycles. The second kappa shape index (κ2) is 11.6. The van der Waals surface area contributed by atoms with Gasteiger partial charge < -0.3 is 5.32 Å². The van der Waals surface area contributed by atoms with Gasteiger partial charge in [0.2, 0.25) is 15.9 Å². The van der Waals surface area contributed by atoms with E-state index in [-0.39, 0.29) is 58.0 Å². The molecule has 0 aliphatic carbocycles. The lowest BCUT2D eigenvalue weighted by molar-refractivity contribution is -0.120. The van der Waals surface area contributed by atoms with E-state index in [0.29, 0.717) is 5.69 Å². The molecule has 38 heavy (non-hydrogen) atoms. The first-order valence-corrected chi connectivity index (χ1v) is 15.4. The minimum absolute atomic E-state index is 0.0103. The number of para-hydroxylation sites is 1. The van der Waals surface area contributed by atoms with Gasteiger partial charge in [-0.2, -0.15) is 0 Å². The van der Waals surface area contributed by atoms with Crippen LogP contribution in [0.15, 0.2) is 71.6 Å². The van der Waals surface area contributed by atoms with Gasteiger partial charge in [0.1, 0.15) is 5.82 Å². The van der Waals surface area contributed by atoms with Crippen LogP contribution < -0.4 is 10.0 Å². The van der Waals surface area contributed by atoms with Gasteiger partial charge in [0, 0.05) is 35.3 Å². The minimum Gasteiger partial charge on any atom is -0.326 e. The molecule has 1 amide bonds. The predicted molar refractivity (Wildman–Crippen MR) is 146 cm³/mol. The van der Waals surface area contributed by atoms with Crippen molar-refractivity contribution in [3.8, 4) is 0 Å². The number of rotatable bonds is 8. The fourth-order valence-corrected chi connectivity index (χ4v) is 7.29.